The van der Waals surface area contributed by atoms with Gasteiger partial charge in [-0.25, -0.2) is 19.0 Å². The molecule has 1 atom stereocenters. The zero-order chi connectivity index (χ0) is 23.2. The highest BCUT2D eigenvalue weighted by atomic mass is 32.2. The molecule has 3 N–H and O–H groups in total. The maximum atomic E-state index is 13.0. The predicted molar refractivity (Wildman–Crippen MR) is 107 cm³/mol. The molecule has 0 saturated carbocycles. The maximum Gasteiger partial charge on any atom is 0.432 e. The molecule has 0 bridgehead atoms. The van der Waals surface area contributed by atoms with Crippen LogP contribution >= 0.6 is 0 Å². The van der Waals surface area contributed by atoms with Crippen LogP contribution in [0.5, 0.6) is 5.75 Å². The van der Waals surface area contributed by atoms with E-state index in [0.717, 1.165) is 6.08 Å². The van der Waals surface area contributed by atoms with Gasteiger partial charge in [0.15, 0.2) is 17.2 Å². The minimum Gasteiger partial charge on any atom is -0.471 e. The highest BCUT2D eigenvalue weighted by molar-refractivity contribution is 7.92. The van der Waals surface area contributed by atoms with Gasteiger partial charge in [-0.1, -0.05) is 6.92 Å². The van der Waals surface area contributed by atoms with Crippen molar-refractivity contribution in [2.45, 2.75) is 37.4 Å². The van der Waals surface area contributed by atoms with Crippen LogP contribution in [0.2, 0.25) is 0 Å². The van der Waals surface area contributed by atoms with Crippen molar-refractivity contribution >= 4 is 21.6 Å². The van der Waals surface area contributed by atoms with Gasteiger partial charge in [-0.2, -0.15) is 18.4 Å². The third kappa shape index (κ3) is 4.29. The summed E-state index contributed by atoms with van der Waals surface area (Å²) in [6.07, 6.45) is -2.46. The first-order valence-electron chi connectivity index (χ1n) is 9.04. The van der Waals surface area contributed by atoms with Crippen molar-refractivity contribution in [3.05, 3.63) is 23.7 Å². The summed E-state index contributed by atoms with van der Waals surface area (Å²) < 4.78 is 67.3. The number of hydrogen-bond donors (Lipinski definition) is 3. The van der Waals surface area contributed by atoms with Crippen molar-refractivity contribution in [1.82, 2.24) is 20.0 Å². The molecule has 0 aromatic carbocycles. The van der Waals surface area contributed by atoms with Crippen LogP contribution in [-0.4, -0.2) is 36.3 Å². The lowest BCUT2D eigenvalue weighted by molar-refractivity contribution is -0.0951. The molecule has 0 radical (unpaired) electrons. The monoisotopic (exact) mass is 455 g/mol. The number of nitrogens with one attached hydrogen (secondary N) is 3. The molecule has 0 aliphatic carbocycles. The third-order valence-electron chi connectivity index (χ3n) is 4.47. The summed E-state index contributed by atoms with van der Waals surface area (Å²) in [5.41, 5.74) is 2.41. The molecule has 3 heterocycles. The molecule has 0 spiro atoms. The number of aromatic nitrogens is 3. The van der Waals surface area contributed by atoms with Gasteiger partial charge in [-0.15, -0.1) is 0 Å². The number of halogens is 3. The van der Waals surface area contributed by atoms with E-state index in [2.05, 4.69) is 20.8 Å². The molecule has 1 aliphatic rings. The summed E-state index contributed by atoms with van der Waals surface area (Å²) in [5, 5.41) is 9.17. The van der Waals surface area contributed by atoms with E-state index in [1.807, 2.05) is 6.07 Å². The lowest BCUT2D eigenvalue weighted by atomic mass is 10.2. The Balaban J connectivity index is 2.17. The quantitative estimate of drug-likeness (QED) is 0.630. The highest BCUT2D eigenvalue weighted by Crippen LogP contribution is 2.35. The Morgan fingerprint density at radius 1 is 1.35 bits per heavy atom. The van der Waals surface area contributed by atoms with Crippen molar-refractivity contribution in [3.8, 4) is 23.3 Å². The molecule has 2 aromatic rings. The van der Waals surface area contributed by atoms with Crippen molar-refractivity contribution < 1.29 is 22.1 Å². The fourth-order valence-electron chi connectivity index (χ4n) is 2.81. The number of hydrazine groups is 1. The first kappa shape index (κ1) is 22.4. The first-order chi connectivity index (χ1) is 14.3. The second-order valence-corrected chi connectivity index (χ2v) is 9.61. The fraction of sp³-hybridized carbons (Fsp3) is 0.389. The van der Waals surface area contributed by atoms with E-state index >= 15 is 0 Å². The van der Waals surface area contributed by atoms with Gasteiger partial charge in [0.25, 0.3) is 0 Å². The van der Waals surface area contributed by atoms with Crippen molar-refractivity contribution in [3.63, 3.8) is 0 Å². The average Bonchev–Trinajstić information content (AvgIpc) is 3.03. The summed E-state index contributed by atoms with van der Waals surface area (Å²) in [4.78, 5) is 8.49. The number of allylic oxidation sites excluding steroid dienone is 1. The number of rotatable bonds is 5. The van der Waals surface area contributed by atoms with Crippen molar-refractivity contribution in [2.75, 3.05) is 11.2 Å². The Morgan fingerprint density at radius 3 is 2.61 bits per heavy atom. The number of fused-ring (bicyclic) bond motifs is 1. The normalized spacial score (nSPS) is 15.6. The molecule has 31 heavy (non-hydrogen) atoms. The van der Waals surface area contributed by atoms with Gasteiger partial charge in [0.1, 0.15) is 28.9 Å². The van der Waals surface area contributed by atoms with E-state index in [4.69, 9.17) is 9.52 Å². The minimum absolute atomic E-state index is 0.00948. The summed E-state index contributed by atoms with van der Waals surface area (Å²) >= 11 is 0. The first-order valence-corrected chi connectivity index (χ1v) is 10.8. The number of nitriles is 1. The lowest BCUT2D eigenvalue weighted by Crippen LogP contribution is -2.33. The standard InChI is InChI=1S/C18H20F3N7O2S/c1-5-31(23,29)12-6-10(30-17(2,3)9-22)8-24-14(12)16-25-11-7-13(18(19,20)21)26-27-15(11)28(16)4/h6-8,23,26-27H,5H2,1-4H3. The lowest BCUT2D eigenvalue weighted by Gasteiger charge is -2.20. The van der Waals surface area contributed by atoms with Crippen LogP contribution in [0.25, 0.3) is 17.6 Å². The van der Waals surface area contributed by atoms with Crippen molar-refractivity contribution in [1.29, 1.82) is 10.0 Å². The molecule has 1 aliphatic heterocycles. The van der Waals surface area contributed by atoms with Gasteiger partial charge in [0.2, 0.25) is 0 Å². The summed E-state index contributed by atoms with van der Waals surface area (Å²) in [7, 11) is -1.77. The van der Waals surface area contributed by atoms with E-state index in [1.54, 1.807) is 14.0 Å². The Bertz CT molecular complexity index is 1210. The molecule has 13 heteroatoms. The predicted octanol–water partition coefficient (Wildman–Crippen LogP) is 3.42. The zero-order valence-electron chi connectivity index (χ0n) is 17.1. The maximum absolute atomic E-state index is 13.0. The van der Waals surface area contributed by atoms with Crippen LogP contribution in [-0.2, 0) is 16.8 Å². The molecule has 166 valence electrons. The van der Waals surface area contributed by atoms with Crippen molar-refractivity contribution in [2.24, 2.45) is 7.05 Å². The minimum atomic E-state index is -4.60. The van der Waals surface area contributed by atoms with Crippen LogP contribution in [0.3, 0.4) is 0 Å². The van der Waals surface area contributed by atoms with E-state index in [0.29, 0.717) is 0 Å². The van der Waals surface area contributed by atoms with Crippen LogP contribution in [0, 0.1) is 16.1 Å². The molecule has 0 fully saturated rings. The number of hydrogen-bond acceptors (Lipinski definition) is 8. The van der Waals surface area contributed by atoms with Crippen LogP contribution < -0.4 is 15.6 Å². The highest BCUT2D eigenvalue weighted by Gasteiger charge is 2.37. The summed E-state index contributed by atoms with van der Waals surface area (Å²) in [5.74, 6) is 0.467. The number of nitrogens with zero attached hydrogens (tertiary/aromatic N) is 4. The smallest absolute Gasteiger partial charge is 0.432 e. The Hall–Kier alpha value is -3.27. The van der Waals surface area contributed by atoms with Gasteiger partial charge in [0, 0.05) is 18.9 Å². The molecular formula is C18H20F3N7O2S. The summed E-state index contributed by atoms with van der Waals surface area (Å²) in [6.45, 7) is 4.64. The number of ether oxygens (including phenoxy) is 1. The van der Waals surface area contributed by atoms with E-state index < -0.39 is 27.2 Å². The van der Waals surface area contributed by atoms with Crippen LogP contribution in [0.4, 0.5) is 19.0 Å². The van der Waals surface area contributed by atoms with Gasteiger partial charge < -0.3 is 9.30 Å². The Labute approximate surface area is 176 Å². The number of alkyl halides is 3. The van der Waals surface area contributed by atoms with E-state index in [1.165, 1.54) is 30.7 Å². The summed E-state index contributed by atoms with van der Waals surface area (Å²) in [6, 6.07) is 3.33. The SMILES string of the molecule is CCS(=N)(=O)c1cc(OC(C)(C)C#N)cnc1-c1nc2c(n1C)NNC(C(F)(F)F)=C2. The van der Waals surface area contributed by atoms with Gasteiger partial charge >= 0.3 is 6.18 Å². The zero-order valence-corrected chi connectivity index (χ0v) is 17.9. The Morgan fingerprint density at radius 2 is 2.03 bits per heavy atom. The second kappa shape index (κ2) is 7.45. The molecule has 3 rings (SSSR count). The number of anilines is 1. The van der Waals surface area contributed by atoms with Crippen LogP contribution in [0.1, 0.15) is 26.5 Å². The largest absolute Gasteiger partial charge is 0.471 e. The topological polar surface area (TPSA) is 129 Å². The van der Waals surface area contributed by atoms with Crippen LogP contribution in [0.15, 0.2) is 22.9 Å². The molecule has 9 nitrogen and oxygen atoms in total. The van der Waals surface area contributed by atoms with Gasteiger partial charge in [0.05, 0.1) is 20.8 Å². The molecule has 0 saturated heterocycles. The number of imidazole rings is 1. The van der Waals surface area contributed by atoms with E-state index in [9.17, 15) is 22.6 Å². The van der Waals surface area contributed by atoms with Gasteiger partial charge in [-0.3, -0.25) is 10.9 Å². The van der Waals surface area contributed by atoms with Gasteiger partial charge in [-0.05, 0) is 19.9 Å². The molecular weight excluding hydrogens is 435 g/mol. The molecule has 2 aromatic heterocycles. The Kier molecular flexibility index (Phi) is 5.39. The third-order valence-corrected chi connectivity index (χ3v) is 6.30. The number of pyridine rings is 1. The average molecular weight is 455 g/mol. The molecule has 0 amide bonds. The fourth-order valence-corrected chi connectivity index (χ4v) is 3.88. The second-order valence-electron chi connectivity index (χ2n) is 7.24. The molecule has 1 unspecified atom stereocenters. The van der Waals surface area contributed by atoms with E-state index in [-0.39, 0.29) is 39.4 Å².